The van der Waals surface area contributed by atoms with E-state index in [4.69, 9.17) is 16.3 Å². The molecular weight excluding hydrogens is 584 g/mol. The van der Waals surface area contributed by atoms with E-state index >= 15 is 0 Å². The number of pyridine rings is 1. The van der Waals surface area contributed by atoms with E-state index in [1.54, 1.807) is 29.6 Å². The molecule has 3 aliphatic rings. The van der Waals surface area contributed by atoms with Gasteiger partial charge in [0, 0.05) is 61.6 Å². The number of carbonyl (C=O) groups excluding carboxylic acids is 1. The number of sulfonamides is 1. The van der Waals surface area contributed by atoms with Crippen LogP contribution in [0.4, 0.5) is 0 Å². The van der Waals surface area contributed by atoms with E-state index in [1.165, 1.54) is 19.3 Å². The molecule has 3 aliphatic heterocycles. The first-order chi connectivity index (χ1) is 20.7. The molecule has 10 heteroatoms. The normalized spacial score (nSPS) is 22.0. The van der Waals surface area contributed by atoms with Crippen molar-refractivity contribution in [2.24, 2.45) is 0 Å². The van der Waals surface area contributed by atoms with Gasteiger partial charge in [0.1, 0.15) is 0 Å². The fraction of sp³-hybridized carbons (Fsp3) is 0.636. The zero-order valence-corrected chi connectivity index (χ0v) is 27.3. The number of amides is 1. The van der Waals surface area contributed by atoms with Crippen LogP contribution in [0.3, 0.4) is 0 Å². The minimum Gasteiger partial charge on any atom is -0.369 e. The molecule has 43 heavy (non-hydrogen) atoms. The van der Waals surface area contributed by atoms with Gasteiger partial charge >= 0.3 is 0 Å². The minimum atomic E-state index is -3.69. The van der Waals surface area contributed by atoms with Gasteiger partial charge in [0.05, 0.1) is 17.1 Å². The van der Waals surface area contributed by atoms with Crippen LogP contribution in [0.2, 0.25) is 5.02 Å². The molecule has 3 fully saturated rings. The zero-order valence-electron chi connectivity index (χ0n) is 25.8. The number of aromatic nitrogens is 1. The van der Waals surface area contributed by atoms with E-state index in [2.05, 4.69) is 16.0 Å². The molecule has 0 saturated carbocycles. The molecular formula is C33H47ClN4O4S. The maximum atomic E-state index is 13.8. The molecule has 236 valence electrons. The van der Waals surface area contributed by atoms with Crippen LogP contribution in [0.5, 0.6) is 0 Å². The number of carbonyl (C=O) groups is 1. The molecule has 1 aromatic heterocycles. The minimum absolute atomic E-state index is 0.0922. The standard InChI is InChI=1S/C33H47ClN4O4S/c1-26-24-31(27(2)23-30(26)34)43(40,41)38-18-7-4-10-29(38)11-12-32(39)37-19-13-33(14-20-37,28-9-8-15-35-25-28)42-22-21-36-16-5-3-6-17-36/h8-9,15,23-25,29H,3-7,10-14,16-22H2,1-2H3. The quantitative estimate of drug-likeness (QED) is 0.335. The van der Waals surface area contributed by atoms with Crippen molar-refractivity contribution in [2.75, 3.05) is 45.9 Å². The molecule has 1 unspecified atom stereocenters. The van der Waals surface area contributed by atoms with E-state index in [-0.39, 0.29) is 11.9 Å². The van der Waals surface area contributed by atoms with Gasteiger partial charge in [0.25, 0.3) is 0 Å². The Morgan fingerprint density at radius 2 is 1.77 bits per heavy atom. The Kier molecular flexibility index (Phi) is 10.8. The molecule has 3 saturated heterocycles. The molecule has 8 nitrogen and oxygen atoms in total. The lowest BCUT2D eigenvalue weighted by Crippen LogP contribution is -2.48. The topological polar surface area (TPSA) is 83.0 Å². The number of likely N-dealkylation sites (tertiary alicyclic amines) is 2. The maximum Gasteiger partial charge on any atom is 0.243 e. The van der Waals surface area contributed by atoms with E-state index < -0.39 is 15.6 Å². The van der Waals surface area contributed by atoms with Crippen molar-refractivity contribution in [2.45, 2.75) is 94.6 Å². The first-order valence-corrected chi connectivity index (χ1v) is 17.8. The van der Waals surface area contributed by atoms with Gasteiger partial charge in [-0.3, -0.25) is 9.78 Å². The van der Waals surface area contributed by atoms with E-state index in [0.717, 1.165) is 62.9 Å². The highest BCUT2D eigenvalue weighted by molar-refractivity contribution is 7.89. The van der Waals surface area contributed by atoms with Crippen molar-refractivity contribution in [3.05, 3.63) is 58.4 Å². The van der Waals surface area contributed by atoms with E-state index in [0.29, 0.717) is 54.6 Å². The summed E-state index contributed by atoms with van der Waals surface area (Å²) in [6, 6.07) is 7.27. The Hall–Kier alpha value is -2.04. The van der Waals surface area contributed by atoms with Crippen LogP contribution in [0, 0.1) is 13.8 Å². The average molecular weight is 631 g/mol. The number of aryl methyl sites for hydroxylation is 2. The van der Waals surface area contributed by atoms with Crippen molar-refractivity contribution < 1.29 is 17.9 Å². The smallest absolute Gasteiger partial charge is 0.243 e. The van der Waals surface area contributed by atoms with Crippen LogP contribution in [0.25, 0.3) is 0 Å². The summed E-state index contributed by atoms with van der Waals surface area (Å²) in [7, 11) is -3.69. The van der Waals surface area contributed by atoms with E-state index in [9.17, 15) is 13.2 Å². The fourth-order valence-electron chi connectivity index (χ4n) is 7.00. The Labute approximate surface area is 262 Å². The van der Waals surface area contributed by atoms with Crippen LogP contribution < -0.4 is 0 Å². The number of benzene rings is 1. The highest BCUT2D eigenvalue weighted by Crippen LogP contribution is 2.37. The van der Waals surface area contributed by atoms with Gasteiger partial charge in [-0.05, 0) is 101 Å². The van der Waals surface area contributed by atoms with Crippen LogP contribution in [-0.4, -0.2) is 85.3 Å². The monoisotopic (exact) mass is 630 g/mol. The summed E-state index contributed by atoms with van der Waals surface area (Å²) in [5.41, 5.74) is 2.04. The van der Waals surface area contributed by atoms with Gasteiger partial charge in [-0.15, -0.1) is 0 Å². The predicted octanol–water partition coefficient (Wildman–Crippen LogP) is 5.70. The van der Waals surface area contributed by atoms with Crippen LogP contribution >= 0.6 is 11.6 Å². The lowest BCUT2D eigenvalue weighted by Gasteiger charge is -2.42. The van der Waals surface area contributed by atoms with Gasteiger partial charge in [-0.1, -0.05) is 30.5 Å². The summed E-state index contributed by atoms with van der Waals surface area (Å²) >= 11 is 6.25. The molecule has 0 radical (unpaired) electrons. The summed E-state index contributed by atoms with van der Waals surface area (Å²) in [5, 5.41) is 0.568. The molecule has 1 amide bonds. The Morgan fingerprint density at radius 3 is 2.49 bits per heavy atom. The number of hydrogen-bond donors (Lipinski definition) is 0. The Balaban J connectivity index is 1.20. The summed E-state index contributed by atoms with van der Waals surface area (Å²) in [4.78, 5) is 22.6. The number of ether oxygens (including phenoxy) is 1. The zero-order chi connectivity index (χ0) is 30.5. The van der Waals surface area contributed by atoms with Gasteiger partial charge in [0.15, 0.2) is 0 Å². The van der Waals surface area contributed by atoms with Gasteiger partial charge in [0.2, 0.25) is 15.9 Å². The predicted molar refractivity (Wildman–Crippen MR) is 170 cm³/mol. The summed E-state index contributed by atoms with van der Waals surface area (Å²) in [5.74, 6) is 0.0922. The summed E-state index contributed by atoms with van der Waals surface area (Å²) in [6.07, 6.45) is 12.4. The SMILES string of the molecule is Cc1cc(S(=O)(=O)N2CCCCC2CCC(=O)N2CCC(OCCN3CCCCC3)(c3cccnc3)CC2)c(C)cc1Cl. The molecule has 2 aromatic rings. The third kappa shape index (κ3) is 7.61. The first kappa shape index (κ1) is 32.4. The lowest BCUT2D eigenvalue weighted by atomic mass is 9.84. The van der Waals surface area contributed by atoms with Crippen molar-refractivity contribution in [1.82, 2.24) is 19.1 Å². The summed E-state index contributed by atoms with van der Waals surface area (Å²) in [6.45, 7) is 9.22. The highest BCUT2D eigenvalue weighted by Gasteiger charge is 2.40. The van der Waals surface area contributed by atoms with Crippen LogP contribution in [0.1, 0.15) is 80.9 Å². The molecule has 0 bridgehead atoms. The van der Waals surface area contributed by atoms with Crippen molar-refractivity contribution in [3.63, 3.8) is 0 Å². The van der Waals surface area contributed by atoms with Gasteiger partial charge < -0.3 is 14.5 Å². The van der Waals surface area contributed by atoms with Crippen LogP contribution in [0.15, 0.2) is 41.6 Å². The van der Waals surface area contributed by atoms with Crippen molar-refractivity contribution in [3.8, 4) is 0 Å². The van der Waals surface area contributed by atoms with Crippen molar-refractivity contribution in [1.29, 1.82) is 0 Å². The number of halogens is 1. The number of piperidine rings is 3. The second kappa shape index (κ2) is 14.4. The van der Waals surface area contributed by atoms with Gasteiger partial charge in [-0.2, -0.15) is 4.31 Å². The highest BCUT2D eigenvalue weighted by atomic mass is 35.5. The molecule has 0 aliphatic carbocycles. The lowest BCUT2D eigenvalue weighted by molar-refractivity contribution is -0.140. The second-order valence-electron chi connectivity index (χ2n) is 12.5. The first-order valence-electron chi connectivity index (χ1n) is 16.0. The average Bonchev–Trinajstić information content (AvgIpc) is 3.03. The Bertz CT molecular complexity index is 1340. The number of nitrogens with zero attached hydrogens (tertiary/aromatic N) is 4. The third-order valence-electron chi connectivity index (χ3n) is 9.65. The number of hydrogen-bond acceptors (Lipinski definition) is 6. The molecule has 1 aromatic carbocycles. The number of rotatable bonds is 10. The molecule has 0 spiro atoms. The molecule has 0 N–H and O–H groups in total. The van der Waals surface area contributed by atoms with Crippen LogP contribution in [-0.2, 0) is 25.2 Å². The fourth-order valence-corrected chi connectivity index (χ4v) is 9.24. The maximum absolute atomic E-state index is 13.8. The molecule has 5 rings (SSSR count). The van der Waals surface area contributed by atoms with Crippen molar-refractivity contribution >= 4 is 27.5 Å². The largest absolute Gasteiger partial charge is 0.369 e. The molecule has 1 atom stereocenters. The second-order valence-corrected chi connectivity index (χ2v) is 14.8. The van der Waals surface area contributed by atoms with Gasteiger partial charge in [-0.25, -0.2) is 8.42 Å². The Morgan fingerprint density at radius 1 is 1.02 bits per heavy atom. The summed E-state index contributed by atoms with van der Waals surface area (Å²) < 4.78 is 35.9. The van der Waals surface area contributed by atoms with E-state index in [1.807, 2.05) is 24.1 Å². The third-order valence-corrected chi connectivity index (χ3v) is 12.2. The molecule has 4 heterocycles.